The molecular weight excluding hydrogens is 228 g/mol. The molecule has 60 valence electrons. The van der Waals surface area contributed by atoms with Gasteiger partial charge in [-0.2, -0.15) is 0 Å². The van der Waals surface area contributed by atoms with Gasteiger partial charge in [0, 0.05) is 10.2 Å². The third-order valence-corrected chi connectivity index (χ3v) is 2.30. The van der Waals surface area contributed by atoms with E-state index in [0.717, 1.165) is 10.0 Å². The van der Waals surface area contributed by atoms with Gasteiger partial charge in [-0.3, -0.25) is 4.21 Å². The van der Waals surface area contributed by atoms with Crippen LogP contribution in [0.15, 0.2) is 28.7 Å². The second-order valence-electron chi connectivity index (χ2n) is 2.07. The second kappa shape index (κ2) is 3.99. The highest BCUT2D eigenvalue weighted by atomic mass is 79.9. The van der Waals surface area contributed by atoms with E-state index in [1.54, 1.807) is 12.1 Å². The highest BCUT2D eigenvalue weighted by molar-refractivity contribution is 9.10. The van der Waals surface area contributed by atoms with Gasteiger partial charge in [0.15, 0.2) is 0 Å². The Morgan fingerprint density at radius 2 is 1.91 bits per heavy atom. The summed E-state index contributed by atoms with van der Waals surface area (Å²) in [6.45, 7) is 0. The normalized spacial score (nSPS) is 12.9. The van der Waals surface area contributed by atoms with E-state index in [4.69, 9.17) is 0 Å². The molecule has 11 heavy (non-hydrogen) atoms. The summed E-state index contributed by atoms with van der Waals surface area (Å²) in [6, 6.07) is 7.20. The Bertz CT molecular complexity index is 258. The van der Waals surface area contributed by atoms with Crippen molar-refractivity contribution in [1.82, 2.24) is 0 Å². The molecule has 1 unspecified atom stereocenters. The molecule has 0 aliphatic rings. The minimum absolute atomic E-state index is 0.0906. The van der Waals surface area contributed by atoms with E-state index in [1.807, 2.05) is 12.1 Å². The molecule has 2 nitrogen and oxygen atoms in total. The average molecular weight is 234 g/mol. The highest BCUT2D eigenvalue weighted by Gasteiger charge is 1.91. The Morgan fingerprint density at radius 1 is 1.36 bits per heavy atom. The van der Waals surface area contributed by atoms with Crippen molar-refractivity contribution in [2.75, 3.05) is 0 Å². The Kier molecular flexibility index (Phi) is 3.23. The van der Waals surface area contributed by atoms with E-state index in [-0.39, 0.29) is 5.75 Å². The molecule has 0 radical (unpaired) electrons. The quantitative estimate of drug-likeness (QED) is 0.732. The lowest BCUT2D eigenvalue weighted by atomic mass is 10.2. The fraction of sp³-hybridized carbons (Fsp3) is 0.143. The van der Waals surface area contributed by atoms with Gasteiger partial charge in [0.25, 0.3) is 0 Å². The molecule has 4 heteroatoms. The molecule has 0 fully saturated rings. The lowest BCUT2D eigenvalue weighted by Gasteiger charge is -2.03. The van der Waals surface area contributed by atoms with Crippen LogP contribution in [0.5, 0.6) is 0 Å². The van der Waals surface area contributed by atoms with Crippen LogP contribution in [0.1, 0.15) is 5.56 Å². The van der Waals surface area contributed by atoms with Crippen molar-refractivity contribution in [2.24, 2.45) is 0 Å². The van der Waals surface area contributed by atoms with Gasteiger partial charge in [0.05, 0.1) is 0 Å². The monoisotopic (exact) mass is 233 g/mol. The maximum atomic E-state index is 10.2. The van der Waals surface area contributed by atoms with Gasteiger partial charge in [0.1, 0.15) is 0 Å². The summed E-state index contributed by atoms with van der Waals surface area (Å²) in [4.78, 5) is 0. The topological polar surface area (TPSA) is 40.1 Å². The van der Waals surface area contributed by atoms with Crippen LogP contribution < -0.4 is 0 Å². The summed E-state index contributed by atoms with van der Waals surface area (Å²) in [5.41, 5.74) is 0.807. The van der Waals surface area contributed by atoms with E-state index >= 15 is 0 Å². The van der Waals surface area contributed by atoms with Crippen LogP contribution in [0, 0.1) is 0 Å². The molecule has 0 heterocycles. The minimum atomic E-state index is -1.99. The Labute approximate surface area is 76.0 Å². The first-order valence-corrected chi connectivity index (χ1v) is 5.02. The van der Waals surface area contributed by atoms with Crippen LogP contribution in [-0.2, 0) is 16.8 Å². The molecule has 0 aliphatic carbocycles. The van der Waals surface area contributed by atoms with Gasteiger partial charge < -0.3 is 4.55 Å². The first kappa shape index (κ1) is 8.90. The van der Waals surface area contributed by atoms with Crippen LogP contribution in [-0.4, -0.2) is 8.76 Å². The lowest BCUT2D eigenvalue weighted by molar-refractivity contribution is 0.536. The zero-order valence-corrected chi connectivity index (χ0v) is 8.02. The summed E-state index contributed by atoms with van der Waals surface area (Å²) < 4.78 is 21.4. The van der Waals surface area contributed by atoms with Gasteiger partial charge in [-0.05, 0) is 17.7 Å². The standard InChI is InChI=1S/C7H7BrO2S/c8-7-3-1-6(2-4-7)5-11(9)10/h1-4H,5H2,(H,9,10)/p-1. The van der Waals surface area contributed by atoms with Crippen LogP contribution in [0.2, 0.25) is 0 Å². The van der Waals surface area contributed by atoms with Gasteiger partial charge in [0.2, 0.25) is 0 Å². The molecule has 1 atom stereocenters. The van der Waals surface area contributed by atoms with E-state index in [9.17, 15) is 8.76 Å². The van der Waals surface area contributed by atoms with E-state index in [0.29, 0.717) is 0 Å². The molecule has 1 aromatic rings. The third kappa shape index (κ3) is 3.14. The van der Waals surface area contributed by atoms with E-state index < -0.39 is 11.1 Å². The Hall–Kier alpha value is -0.190. The van der Waals surface area contributed by atoms with Crippen molar-refractivity contribution in [3.8, 4) is 0 Å². The number of halogens is 1. The number of hydrogen-bond donors (Lipinski definition) is 0. The molecule has 0 saturated carbocycles. The summed E-state index contributed by atoms with van der Waals surface area (Å²) in [5.74, 6) is 0.0906. The van der Waals surface area contributed by atoms with Crippen LogP contribution >= 0.6 is 15.9 Å². The zero-order chi connectivity index (χ0) is 8.27. The Balaban J connectivity index is 2.74. The highest BCUT2D eigenvalue weighted by Crippen LogP contribution is 2.11. The first-order chi connectivity index (χ1) is 5.18. The fourth-order valence-electron chi connectivity index (χ4n) is 0.717. The van der Waals surface area contributed by atoms with Gasteiger partial charge in [-0.1, -0.05) is 39.1 Å². The summed E-state index contributed by atoms with van der Waals surface area (Å²) in [5, 5.41) is 0. The molecule has 1 rings (SSSR count). The van der Waals surface area contributed by atoms with Crippen molar-refractivity contribution in [2.45, 2.75) is 5.75 Å². The van der Waals surface area contributed by atoms with Crippen molar-refractivity contribution in [3.05, 3.63) is 34.3 Å². The van der Waals surface area contributed by atoms with Crippen LogP contribution in [0.3, 0.4) is 0 Å². The van der Waals surface area contributed by atoms with Crippen molar-refractivity contribution in [3.63, 3.8) is 0 Å². The number of hydrogen-bond acceptors (Lipinski definition) is 2. The van der Waals surface area contributed by atoms with Crippen LogP contribution in [0.4, 0.5) is 0 Å². The summed E-state index contributed by atoms with van der Waals surface area (Å²) in [7, 11) is 0. The van der Waals surface area contributed by atoms with Crippen molar-refractivity contribution in [1.29, 1.82) is 0 Å². The largest absolute Gasteiger partial charge is 0.772 e. The van der Waals surface area contributed by atoms with Gasteiger partial charge in [-0.15, -0.1) is 0 Å². The molecule has 0 spiro atoms. The predicted molar refractivity (Wildman–Crippen MR) is 46.8 cm³/mol. The smallest absolute Gasteiger partial charge is 0.0353 e. The first-order valence-electron chi connectivity index (χ1n) is 2.99. The summed E-state index contributed by atoms with van der Waals surface area (Å²) >= 11 is 1.27. The molecular formula is C7H6BrO2S-. The molecule has 0 amide bonds. The average Bonchev–Trinajstić information content (AvgIpc) is 1.93. The maximum absolute atomic E-state index is 10.2. The molecule has 0 aromatic heterocycles. The number of benzene rings is 1. The second-order valence-corrected chi connectivity index (χ2v) is 3.89. The number of rotatable bonds is 2. The molecule has 0 bridgehead atoms. The molecule has 0 N–H and O–H groups in total. The maximum Gasteiger partial charge on any atom is 0.0353 e. The Morgan fingerprint density at radius 3 is 2.36 bits per heavy atom. The fourth-order valence-corrected chi connectivity index (χ4v) is 1.45. The van der Waals surface area contributed by atoms with Crippen molar-refractivity contribution >= 4 is 27.0 Å². The zero-order valence-electron chi connectivity index (χ0n) is 5.62. The van der Waals surface area contributed by atoms with Crippen molar-refractivity contribution < 1.29 is 8.76 Å². The molecule has 0 aliphatic heterocycles. The SMILES string of the molecule is O=S([O-])Cc1ccc(Br)cc1. The van der Waals surface area contributed by atoms with Crippen LogP contribution in [0.25, 0.3) is 0 Å². The van der Waals surface area contributed by atoms with Gasteiger partial charge >= 0.3 is 0 Å². The van der Waals surface area contributed by atoms with E-state index in [1.165, 1.54) is 0 Å². The molecule has 0 saturated heterocycles. The summed E-state index contributed by atoms with van der Waals surface area (Å²) in [6.07, 6.45) is 0. The van der Waals surface area contributed by atoms with Gasteiger partial charge in [-0.25, -0.2) is 0 Å². The van der Waals surface area contributed by atoms with E-state index in [2.05, 4.69) is 15.9 Å². The lowest BCUT2D eigenvalue weighted by Crippen LogP contribution is -1.92. The predicted octanol–water partition coefficient (Wildman–Crippen LogP) is 1.83. The minimum Gasteiger partial charge on any atom is -0.772 e. The molecule has 1 aromatic carbocycles. The third-order valence-electron chi connectivity index (χ3n) is 1.20.